The first-order valence-corrected chi connectivity index (χ1v) is 12.7. The summed E-state index contributed by atoms with van der Waals surface area (Å²) in [6.45, 7) is 7.21. The Hall–Kier alpha value is -3.25. The van der Waals surface area contributed by atoms with Gasteiger partial charge < -0.3 is 14.9 Å². The van der Waals surface area contributed by atoms with Crippen LogP contribution in [-0.2, 0) is 6.54 Å². The monoisotopic (exact) mass is 483 g/mol. The van der Waals surface area contributed by atoms with Crippen LogP contribution in [0.1, 0.15) is 27.0 Å². The third-order valence-electron chi connectivity index (χ3n) is 6.80. The van der Waals surface area contributed by atoms with Crippen molar-refractivity contribution in [2.24, 2.45) is 0 Å². The van der Waals surface area contributed by atoms with E-state index >= 15 is 0 Å². The fourth-order valence-electron chi connectivity index (χ4n) is 4.86. The molecule has 5 heteroatoms. The largest absolute Gasteiger partial charge is 0.395 e. The molecule has 0 radical (unpaired) electrons. The van der Waals surface area contributed by atoms with Crippen LogP contribution in [0, 0.1) is 6.92 Å². The molecular weight excluding hydrogens is 446 g/mol. The Balaban J connectivity index is 1.67. The number of aryl methyl sites for hydroxylation is 1. The minimum absolute atomic E-state index is 0.0119. The van der Waals surface area contributed by atoms with E-state index in [-0.39, 0.29) is 12.4 Å². The molecule has 1 fully saturated rings. The lowest BCUT2D eigenvalue weighted by Crippen LogP contribution is -2.47. The first-order chi connectivity index (χ1) is 17.5. The van der Waals surface area contributed by atoms with Crippen molar-refractivity contribution in [2.75, 3.05) is 58.3 Å². The van der Waals surface area contributed by atoms with Crippen LogP contribution >= 0.6 is 0 Å². The van der Waals surface area contributed by atoms with Gasteiger partial charge in [-0.15, -0.1) is 0 Å². The lowest BCUT2D eigenvalue weighted by Gasteiger charge is -2.36. The number of rotatable bonds is 9. The minimum Gasteiger partial charge on any atom is -0.395 e. The molecule has 0 aromatic heterocycles. The van der Waals surface area contributed by atoms with Gasteiger partial charge in [-0.2, -0.15) is 0 Å². The highest BCUT2D eigenvalue weighted by molar-refractivity contribution is 6.11. The lowest BCUT2D eigenvalue weighted by atomic mass is 9.95. The fourth-order valence-corrected chi connectivity index (χ4v) is 4.86. The van der Waals surface area contributed by atoms with Crippen molar-refractivity contribution in [3.63, 3.8) is 0 Å². The molecule has 188 valence electrons. The number of aliphatic hydroxyl groups excluding tert-OH is 1. The summed E-state index contributed by atoms with van der Waals surface area (Å²) in [6.07, 6.45) is 3.67. The molecule has 0 unspecified atom stereocenters. The number of ketones is 1. The summed E-state index contributed by atoms with van der Waals surface area (Å²) < 4.78 is 0. The third kappa shape index (κ3) is 6.30. The van der Waals surface area contributed by atoms with Crippen molar-refractivity contribution in [3.8, 4) is 11.1 Å². The second kappa shape index (κ2) is 12.1. The second-order valence-electron chi connectivity index (χ2n) is 9.73. The first kappa shape index (κ1) is 25.8. The molecule has 36 heavy (non-hydrogen) atoms. The standard InChI is InChI=1S/C31H37N3O2/c1-24-8-4-7-11-28(24)26-12-14-30(34-18-16-33(17-19-34)20-21-35)29(22-26)31(36)15-13-25-9-5-6-10-27(25)23-32(2)3/h4-15,22,35H,16-21,23H2,1-3H3/b15-13+. The van der Waals surface area contributed by atoms with Gasteiger partial charge in [0.15, 0.2) is 5.78 Å². The van der Waals surface area contributed by atoms with Gasteiger partial charge >= 0.3 is 0 Å². The smallest absolute Gasteiger partial charge is 0.187 e. The molecule has 3 aromatic carbocycles. The van der Waals surface area contributed by atoms with Crippen molar-refractivity contribution < 1.29 is 9.90 Å². The van der Waals surface area contributed by atoms with Crippen LogP contribution < -0.4 is 4.90 Å². The van der Waals surface area contributed by atoms with Crippen molar-refractivity contribution in [3.05, 3.63) is 95.1 Å². The molecule has 3 aromatic rings. The molecule has 1 aliphatic heterocycles. The zero-order valence-corrected chi connectivity index (χ0v) is 21.7. The van der Waals surface area contributed by atoms with Gasteiger partial charge in [0.2, 0.25) is 0 Å². The summed E-state index contributed by atoms with van der Waals surface area (Å²) in [5.74, 6) is 0.0119. The Morgan fingerprint density at radius 3 is 2.42 bits per heavy atom. The number of nitrogens with zero attached hydrogens (tertiary/aromatic N) is 3. The maximum atomic E-state index is 13.7. The molecule has 0 aliphatic carbocycles. The van der Waals surface area contributed by atoms with Crippen LogP contribution in [0.25, 0.3) is 17.2 Å². The van der Waals surface area contributed by atoms with Crippen molar-refractivity contribution >= 4 is 17.5 Å². The van der Waals surface area contributed by atoms with Gasteiger partial charge in [-0.05, 0) is 67.0 Å². The van der Waals surface area contributed by atoms with Gasteiger partial charge in [-0.3, -0.25) is 9.69 Å². The lowest BCUT2D eigenvalue weighted by molar-refractivity contribution is 0.104. The first-order valence-electron chi connectivity index (χ1n) is 12.7. The molecule has 0 saturated carbocycles. The molecule has 1 N–H and O–H groups in total. The van der Waals surface area contributed by atoms with E-state index in [4.69, 9.17) is 0 Å². The van der Waals surface area contributed by atoms with E-state index in [9.17, 15) is 9.90 Å². The number of carbonyl (C=O) groups excluding carboxylic acids is 1. The Morgan fingerprint density at radius 1 is 0.972 bits per heavy atom. The van der Waals surface area contributed by atoms with E-state index in [2.05, 4.69) is 78.2 Å². The van der Waals surface area contributed by atoms with Crippen molar-refractivity contribution in [1.82, 2.24) is 9.80 Å². The molecule has 1 aliphatic rings. The van der Waals surface area contributed by atoms with Gasteiger partial charge in [-0.1, -0.05) is 60.7 Å². The average Bonchev–Trinajstić information content (AvgIpc) is 2.88. The van der Waals surface area contributed by atoms with E-state index in [1.165, 1.54) is 11.1 Å². The third-order valence-corrected chi connectivity index (χ3v) is 6.80. The predicted molar refractivity (Wildman–Crippen MR) is 150 cm³/mol. The second-order valence-corrected chi connectivity index (χ2v) is 9.73. The summed E-state index contributed by atoms with van der Waals surface area (Å²) in [7, 11) is 4.10. The van der Waals surface area contributed by atoms with Crippen LogP contribution in [0.4, 0.5) is 5.69 Å². The van der Waals surface area contributed by atoms with Crippen LogP contribution in [0.2, 0.25) is 0 Å². The van der Waals surface area contributed by atoms with E-state index in [0.29, 0.717) is 6.54 Å². The Bertz CT molecular complexity index is 1210. The van der Waals surface area contributed by atoms with Gasteiger partial charge in [-0.25, -0.2) is 0 Å². The minimum atomic E-state index is 0.0119. The van der Waals surface area contributed by atoms with Crippen molar-refractivity contribution in [1.29, 1.82) is 0 Å². The molecule has 4 rings (SSSR count). The van der Waals surface area contributed by atoms with Gasteiger partial charge in [0, 0.05) is 50.5 Å². The molecule has 1 heterocycles. The number of allylic oxidation sites excluding steroid dienone is 1. The summed E-state index contributed by atoms with van der Waals surface area (Å²) in [5, 5.41) is 9.29. The quantitative estimate of drug-likeness (QED) is 0.352. The zero-order valence-electron chi connectivity index (χ0n) is 21.7. The zero-order chi connectivity index (χ0) is 25.5. The number of aliphatic hydroxyl groups is 1. The maximum Gasteiger partial charge on any atom is 0.187 e. The highest BCUT2D eigenvalue weighted by Gasteiger charge is 2.21. The number of β-amino-alcohol motifs (C(OH)–C–C–N with tert-alkyl or cyclic N) is 1. The summed E-state index contributed by atoms with van der Waals surface area (Å²) >= 11 is 0. The SMILES string of the molecule is Cc1ccccc1-c1ccc(N2CCN(CCO)CC2)c(C(=O)/C=C/c2ccccc2CN(C)C)c1. The van der Waals surface area contributed by atoms with Gasteiger partial charge in [0.05, 0.1) is 6.61 Å². The Morgan fingerprint density at radius 2 is 1.69 bits per heavy atom. The summed E-state index contributed by atoms with van der Waals surface area (Å²) in [4.78, 5) is 20.4. The van der Waals surface area contributed by atoms with Crippen LogP contribution in [0.3, 0.4) is 0 Å². The fraction of sp³-hybridized carbons (Fsp3) is 0.323. The number of benzene rings is 3. The predicted octanol–water partition coefficient (Wildman–Crippen LogP) is 4.73. The van der Waals surface area contributed by atoms with Gasteiger partial charge in [0.25, 0.3) is 0 Å². The van der Waals surface area contributed by atoms with Crippen LogP contribution in [0.15, 0.2) is 72.8 Å². The topological polar surface area (TPSA) is 47.0 Å². The van der Waals surface area contributed by atoms with E-state index < -0.39 is 0 Å². The molecule has 0 atom stereocenters. The molecule has 0 spiro atoms. The van der Waals surface area contributed by atoms with Crippen LogP contribution in [-0.4, -0.2) is 74.1 Å². The number of piperazine rings is 1. The van der Waals surface area contributed by atoms with E-state index in [1.807, 2.05) is 30.3 Å². The van der Waals surface area contributed by atoms with E-state index in [0.717, 1.165) is 60.7 Å². The summed E-state index contributed by atoms with van der Waals surface area (Å²) in [5.41, 5.74) is 7.36. The van der Waals surface area contributed by atoms with Crippen molar-refractivity contribution in [2.45, 2.75) is 13.5 Å². The highest BCUT2D eigenvalue weighted by atomic mass is 16.3. The number of hydrogen-bond donors (Lipinski definition) is 1. The normalized spacial score (nSPS) is 14.6. The molecule has 0 amide bonds. The molecule has 1 saturated heterocycles. The molecule has 5 nitrogen and oxygen atoms in total. The molecule has 0 bridgehead atoms. The Kier molecular flexibility index (Phi) is 8.70. The van der Waals surface area contributed by atoms with E-state index in [1.54, 1.807) is 6.08 Å². The van der Waals surface area contributed by atoms with Gasteiger partial charge in [0.1, 0.15) is 0 Å². The summed E-state index contributed by atoms with van der Waals surface area (Å²) in [6, 6.07) is 22.8. The number of hydrogen-bond acceptors (Lipinski definition) is 5. The number of anilines is 1. The Labute approximate surface area is 215 Å². The number of carbonyl (C=O) groups is 1. The van der Waals surface area contributed by atoms with Crippen LogP contribution in [0.5, 0.6) is 0 Å². The maximum absolute atomic E-state index is 13.7. The average molecular weight is 484 g/mol. The highest BCUT2D eigenvalue weighted by Crippen LogP contribution is 2.31. The molecular formula is C31H37N3O2.